The highest BCUT2D eigenvalue weighted by Gasteiger charge is 2.11. The smallest absolute Gasteiger partial charge is 0.387 e. The monoisotopic (exact) mass is 393 g/mol. The van der Waals surface area contributed by atoms with Gasteiger partial charge in [0.2, 0.25) is 0 Å². The van der Waals surface area contributed by atoms with Crippen molar-refractivity contribution in [2.45, 2.75) is 26.6 Å². The van der Waals surface area contributed by atoms with E-state index in [9.17, 15) is 8.78 Å². The number of rotatable bonds is 9. The molecule has 2 aromatic rings. The zero-order chi connectivity index (χ0) is 20.4. The molecular formula is C20H25F2N3O3. The molecule has 0 fully saturated rings. The quantitative estimate of drug-likeness (QED) is 0.504. The number of benzene rings is 2. The number of nitrogens with one attached hydrogen (secondary N) is 2. The molecule has 0 aliphatic carbocycles. The highest BCUT2D eigenvalue weighted by Crippen LogP contribution is 2.25. The van der Waals surface area contributed by atoms with Crippen LogP contribution in [-0.2, 0) is 13.1 Å². The Morgan fingerprint density at radius 2 is 1.86 bits per heavy atom. The number of halogens is 2. The van der Waals surface area contributed by atoms with Crippen molar-refractivity contribution >= 4 is 5.96 Å². The number of ether oxygens (including phenoxy) is 3. The average molecular weight is 393 g/mol. The maximum Gasteiger partial charge on any atom is 0.387 e. The SMILES string of the molecule is CCOc1cccc(CNC(=NC)NCc2cc(OC)ccc2OC(F)F)c1. The van der Waals surface area contributed by atoms with E-state index in [1.54, 1.807) is 19.2 Å². The first-order valence-electron chi connectivity index (χ1n) is 8.83. The largest absolute Gasteiger partial charge is 0.497 e. The predicted molar refractivity (Wildman–Crippen MR) is 104 cm³/mol. The third kappa shape index (κ3) is 6.61. The molecule has 2 rings (SSSR count). The van der Waals surface area contributed by atoms with Gasteiger partial charge in [0.1, 0.15) is 17.2 Å². The topological polar surface area (TPSA) is 64.1 Å². The zero-order valence-electron chi connectivity index (χ0n) is 16.2. The van der Waals surface area contributed by atoms with Gasteiger partial charge in [0.25, 0.3) is 0 Å². The number of alkyl halides is 2. The van der Waals surface area contributed by atoms with Gasteiger partial charge in [-0.1, -0.05) is 12.1 Å². The van der Waals surface area contributed by atoms with Gasteiger partial charge in [0, 0.05) is 25.7 Å². The molecule has 0 unspecified atom stereocenters. The Morgan fingerprint density at radius 1 is 1.07 bits per heavy atom. The van der Waals surface area contributed by atoms with E-state index in [0.717, 1.165) is 11.3 Å². The molecule has 152 valence electrons. The van der Waals surface area contributed by atoms with Crippen LogP contribution in [0.5, 0.6) is 17.2 Å². The second kappa shape index (κ2) is 11.0. The lowest BCUT2D eigenvalue weighted by atomic mass is 10.2. The number of methoxy groups -OCH3 is 1. The minimum absolute atomic E-state index is 0.0863. The van der Waals surface area contributed by atoms with E-state index in [4.69, 9.17) is 9.47 Å². The molecule has 0 spiro atoms. The second-order valence-electron chi connectivity index (χ2n) is 5.71. The Hall–Kier alpha value is -3.03. The first-order valence-corrected chi connectivity index (χ1v) is 8.83. The van der Waals surface area contributed by atoms with Crippen LogP contribution >= 0.6 is 0 Å². The lowest BCUT2D eigenvalue weighted by molar-refractivity contribution is -0.0504. The summed E-state index contributed by atoms with van der Waals surface area (Å²) in [6.07, 6.45) is 0. The summed E-state index contributed by atoms with van der Waals surface area (Å²) in [5.41, 5.74) is 1.55. The van der Waals surface area contributed by atoms with Gasteiger partial charge in [-0.3, -0.25) is 4.99 Å². The first kappa shape index (κ1) is 21.3. The molecule has 0 amide bonds. The fourth-order valence-electron chi connectivity index (χ4n) is 2.53. The molecule has 0 saturated heterocycles. The normalized spacial score (nSPS) is 11.3. The molecule has 0 saturated carbocycles. The van der Waals surface area contributed by atoms with E-state index in [1.807, 2.05) is 31.2 Å². The van der Waals surface area contributed by atoms with Crippen LogP contribution in [0.3, 0.4) is 0 Å². The summed E-state index contributed by atoms with van der Waals surface area (Å²) in [7, 11) is 3.14. The highest BCUT2D eigenvalue weighted by molar-refractivity contribution is 5.79. The van der Waals surface area contributed by atoms with Crippen LogP contribution in [0.2, 0.25) is 0 Å². The first-order chi connectivity index (χ1) is 13.5. The summed E-state index contributed by atoms with van der Waals surface area (Å²) in [4.78, 5) is 4.15. The summed E-state index contributed by atoms with van der Waals surface area (Å²) in [6.45, 7) is 0.393. The fraction of sp³-hybridized carbons (Fsp3) is 0.350. The van der Waals surface area contributed by atoms with Crippen molar-refractivity contribution in [1.29, 1.82) is 0 Å². The van der Waals surface area contributed by atoms with Gasteiger partial charge in [-0.05, 0) is 42.8 Å². The average Bonchev–Trinajstić information content (AvgIpc) is 2.69. The fourth-order valence-corrected chi connectivity index (χ4v) is 2.53. The van der Waals surface area contributed by atoms with Crippen molar-refractivity contribution in [3.05, 3.63) is 53.6 Å². The molecular weight excluding hydrogens is 368 g/mol. The summed E-state index contributed by atoms with van der Waals surface area (Å²) in [6, 6.07) is 12.4. The van der Waals surface area contributed by atoms with Crippen LogP contribution in [0.15, 0.2) is 47.5 Å². The van der Waals surface area contributed by atoms with Gasteiger partial charge in [-0.2, -0.15) is 8.78 Å². The number of hydrogen-bond donors (Lipinski definition) is 2. The van der Waals surface area contributed by atoms with Gasteiger partial charge < -0.3 is 24.8 Å². The highest BCUT2D eigenvalue weighted by atomic mass is 19.3. The van der Waals surface area contributed by atoms with E-state index in [2.05, 4.69) is 20.4 Å². The molecule has 28 heavy (non-hydrogen) atoms. The third-order valence-corrected chi connectivity index (χ3v) is 3.82. The molecule has 0 bridgehead atoms. The van der Waals surface area contributed by atoms with E-state index >= 15 is 0 Å². The lowest BCUT2D eigenvalue weighted by Gasteiger charge is -2.15. The van der Waals surface area contributed by atoms with E-state index in [0.29, 0.717) is 30.4 Å². The summed E-state index contributed by atoms with van der Waals surface area (Å²) < 4.78 is 40.5. The van der Waals surface area contributed by atoms with E-state index in [-0.39, 0.29) is 12.3 Å². The molecule has 0 heterocycles. The number of aliphatic imine (C=N–C) groups is 1. The van der Waals surface area contributed by atoms with E-state index < -0.39 is 6.61 Å². The Kier molecular flexibility index (Phi) is 8.33. The summed E-state index contributed by atoms with van der Waals surface area (Å²) >= 11 is 0. The second-order valence-corrected chi connectivity index (χ2v) is 5.71. The predicted octanol–water partition coefficient (Wildman–Crippen LogP) is 3.56. The zero-order valence-corrected chi connectivity index (χ0v) is 16.2. The Labute approximate surface area is 163 Å². The van der Waals surface area contributed by atoms with Gasteiger partial charge >= 0.3 is 6.61 Å². The maximum absolute atomic E-state index is 12.6. The van der Waals surface area contributed by atoms with E-state index in [1.165, 1.54) is 13.2 Å². The molecule has 2 N–H and O–H groups in total. The Balaban J connectivity index is 1.99. The summed E-state index contributed by atoms with van der Waals surface area (Å²) in [5.74, 6) is 1.96. The molecule has 6 nitrogen and oxygen atoms in total. The number of hydrogen-bond acceptors (Lipinski definition) is 4. The van der Waals surface area contributed by atoms with Crippen LogP contribution in [0, 0.1) is 0 Å². The van der Waals surface area contributed by atoms with Crippen molar-refractivity contribution in [1.82, 2.24) is 10.6 Å². The molecule has 0 radical (unpaired) electrons. The van der Waals surface area contributed by atoms with Crippen LogP contribution in [-0.4, -0.2) is 33.3 Å². The number of nitrogens with zero attached hydrogens (tertiary/aromatic N) is 1. The van der Waals surface area contributed by atoms with Crippen molar-refractivity contribution in [2.24, 2.45) is 4.99 Å². The minimum atomic E-state index is -2.90. The standard InChI is InChI=1S/C20H25F2N3O3/c1-4-27-17-7-5-6-14(10-17)12-24-20(23-2)25-13-15-11-16(26-3)8-9-18(15)28-19(21)22/h5-11,19H,4,12-13H2,1-3H3,(H2,23,24,25). The van der Waals surface area contributed by atoms with Crippen LogP contribution in [0.25, 0.3) is 0 Å². The minimum Gasteiger partial charge on any atom is -0.497 e. The summed E-state index contributed by atoms with van der Waals surface area (Å²) in [5, 5.41) is 6.27. The van der Waals surface area contributed by atoms with Crippen LogP contribution in [0.1, 0.15) is 18.1 Å². The van der Waals surface area contributed by atoms with Crippen LogP contribution in [0.4, 0.5) is 8.78 Å². The Morgan fingerprint density at radius 3 is 2.54 bits per heavy atom. The molecule has 2 aromatic carbocycles. The van der Waals surface area contributed by atoms with Crippen molar-refractivity contribution in [3.63, 3.8) is 0 Å². The van der Waals surface area contributed by atoms with Crippen molar-refractivity contribution in [2.75, 3.05) is 20.8 Å². The molecule has 0 aromatic heterocycles. The van der Waals surface area contributed by atoms with Crippen molar-refractivity contribution in [3.8, 4) is 17.2 Å². The maximum atomic E-state index is 12.6. The lowest BCUT2D eigenvalue weighted by Crippen LogP contribution is -2.36. The molecule has 0 aliphatic heterocycles. The van der Waals surface area contributed by atoms with Crippen LogP contribution < -0.4 is 24.8 Å². The van der Waals surface area contributed by atoms with Gasteiger partial charge in [0.15, 0.2) is 5.96 Å². The Bertz CT molecular complexity index is 785. The van der Waals surface area contributed by atoms with Crippen molar-refractivity contribution < 1.29 is 23.0 Å². The molecule has 8 heteroatoms. The van der Waals surface area contributed by atoms with Gasteiger partial charge in [-0.25, -0.2) is 0 Å². The molecule has 0 aliphatic rings. The number of guanidine groups is 1. The van der Waals surface area contributed by atoms with Gasteiger partial charge in [-0.15, -0.1) is 0 Å². The van der Waals surface area contributed by atoms with Gasteiger partial charge in [0.05, 0.1) is 13.7 Å². The third-order valence-electron chi connectivity index (χ3n) is 3.82. The molecule has 0 atom stereocenters.